The zero-order chi connectivity index (χ0) is 12.3. The summed E-state index contributed by atoms with van der Waals surface area (Å²) in [5.74, 6) is 0. The number of rotatable bonds is 4. The second-order valence-corrected chi connectivity index (χ2v) is 5.30. The van der Waals surface area contributed by atoms with Crippen LogP contribution in [-0.2, 0) is 4.74 Å². The van der Waals surface area contributed by atoms with Gasteiger partial charge in [-0.25, -0.2) is 0 Å². The summed E-state index contributed by atoms with van der Waals surface area (Å²) in [6.07, 6.45) is 1.90. The smallest absolute Gasteiger partial charge is 0.0690 e. The minimum atomic E-state index is -0.182. The molecular weight excluding hydrogens is 216 g/mol. The van der Waals surface area contributed by atoms with Gasteiger partial charge in [0.2, 0.25) is 0 Å². The fraction of sp³-hybridized carbons (Fsp3) is 1.00. The van der Waals surface area contributed by atoms with Crippen LogP contribution in [0.5, 0.6) is 0 Å². The minimum absolute atomic E-state index is 0.182. The van der Waals surface area contributed by atoms with Gasteiger partial charge >= 0.3 is 0 Å². The molecule has 4 heteroatoms. The summed E-state index contributed by atoms with van der Waals surface area (Å²) in [6.45, 7) is 10.3. The van der Waals surface area contributed by atoms with Gasteiger partial charge in [-0.05, 0) is 19.8 Å². The lowest BCUT2D eigenvalue weighted by Gasteiger charge is -2.33. The SMILES string of the molecule is CCC(O)C(C)N1CCC(N2CCOCC2)C1. The van der Waals surface area contributed by atoms with E-state index in [1.54, 1.807) is 0 Å². The lowest BCUT2D eigenvalue weighted by Crippen LogP contribution is -2.46. The van der Waals surface area contributed by atoms with Crippen molar-refractivity contribution >= 4 is 0 Å². The highest BCUT2D eigenvalue weighted by molar-refractivity contribution is 4.88. The zero-order valence-electron chi connectivity index (χ0n) is 11.1. The van der Waals surface area contributed by atoms with E-state index in [2.05, 4.69) is 23.6 Å². The standard InChI is InChI=1S/C13H26N2O2/c1-3-13(16)11(2)15-5-4-12(10-15)14-6-8-17-9-7-14/h11-13,16H,3-10H2,1-2H3. The van der Waals surface area contributed by atoms with Crippen molar-refractivity contribution in [1.29, 1.82) is 0 Å². The number of hydrogen-bond donors (Lipinski definition) is 1. The van der Waals surface area contributed by atoms with Gasteiger partial charge in [-0.3, -0.25) is 9.80 Å². The molecule has 1 N–H and O–H groups in total. The molecule has 0 saturated carbocycles. The van der Waals surface area contributed by atoms with Crippen molar-refractivity contribution in [3.63, 3.8) is 0 Å². The largest absolute Gasteiger partial charge is 0.392 e. The van der Waals surface area contributed by atoms with Crippen molar-refractivity contribution in [1.82, 2.24) is 9.80 Å². The van der Waals surface area contributed by atoms with Crippen molar-refractivity contribution in [2.75, 3.05) is 39.4 Å². The number of aliphatic hydroxyl groups is 1. The Bertz CT molecular complexity index is 223. The van der Waals surface area contributed by atoms with Crippen LogP contribution in [0.15, 0.2) is 0 Å². The minimum Gasteiger partial charge on any atom is -0.392 e. The highest BCUT2D eigenvalue weighted by Crippen LogP contribution is 2.20. The van der Waals surface area contributed by atoms with Crippen LogP contribution in [-0.4, -0.2) is 72.5 Å². The molecule has 0 aromatic carbocycles. The third-order valence-corrected chi connectivity index (χ3v) is 4.31. The van der Waals surface area contributed by atoms with Gasteiger partial charge in [0.25, 0.3) is 0 Å². The Kier molecular flexibility index (Phi) is 4.79. The third kappa shape index (κ3) is 3.19. The molecule has 0 aromatic heterocycles. The number of likely N-dealkylation sites (tertiary alicyclic amines) is 1. The third-order valence-electron chi connectivity index (χ3n) is 4.31. The Morgan fingerprint density at radius 2 is 2.00 bits per heavy atom. The van der Waals surface area contributed by atoms with Crippen molar-refractivity contribution in [2.45, 2.75) is 44.9 Å². The fourth-order valence-electron chi connectivity index (χ4n) is 2.96. The second kappa shape index (κ2) is 6.14. The van der Waals surface area contributed by atoms with Gasteiger partial charge in [0, 0.05) is 38.3 Å². The summed E-state index contributed by atoms with van der Waals surface area (Å²) >= 11 is 0. The number of nitrogens with zero attached hydrogens (tertiary/aromatic N) is 2. The van der Waals surface area contributed by atoms with Gasteiger partial charge < -0.3 is 9.84 Å². The maximum Gasteiger partial charge on any atom is 0.0690 e. The maximum atomic E-state index is 9.91. The molecule has 0 aromatic rings. The summed E-state index contributed by atoms with van der Waals surface area (Å²) in [7, 11) is 0. The van der Waals surface area contributed by atoms with E-state index in [0.717, 1.165) is 45.8 Å². The van der Waals surface area contributed by atoms with E-state index in [0.29, 0.717) is 12.1 Å². The Labute approximate surface area is 105 Å². The molecule has 2 aliphatic rings. The molecule has 2 saturated heterocycles. The number of ether oxygens (including phenoxy) is 1. The van der Waals surface area contributed by atoms with Crippen LogP contribution < -0.4 is 0 Å². The quantitative estimate of drug-likeness (QED) is 0.781. The first-order chi connectivity index (χ1) is 8.22. The molecule has 100 valence electrons. The lowest BCUT2D eigenvalue weighted by atomic mass is 10.1. The first-order valence-electron chi connectivity index (χ1n) is 6.96. The fourth-order valence-corrected chi connectivity index (χ4v) is 2.96. The number of hydrogen-bond acceptors (Lipinski definition) is 4. The molecule has 3 unspecified atom stereocenters. The van der Waals surface area contributed by atoms with E-state index in [-0.39, 0.29) is 6.10 Å². The first kappa shape index (κ1) is 13.3. The molecule has 0 spiro atoms. The zero-order valence-corrected chi connectivity index (χ0v) is 11.1. The Hall–Kier alpha value is -0.160. The van der Waals surface area contributed by atoms with Crippen LogP contribution in [0.25, 0.3) is 0 Å². The van der Waals surface area contributed by atoms with Crippen molar-refractivity contribution in [3.05, 3.63) is 0 Å². The van der Waals surface area contributed by atoms with E-state index in [1.807, 2.05) is 0 Å². The van der Waals surface area contributed by atoms with Crippen LogP contribution in [0, 0.1) is 0 Å². The summed E-state index contributed by atoms with van der Waals surface area (Å²) in [5.41, 5.74) is 0. The van der Waals surface area contributed by atoms with Gasteiger partial charge in [-0.2, -0.15) is 0 Å². The van der Waals surface area contributed by atoms with Crippen molar-refractivity contribution in [2.24, 2.45) is 0 Å². The molecule has 0 bridgehead atoms. The van der Waals surface area contributed by atoms with Crippen LogP contribution >= 0.6 is 0 Å². The predicted molar refractivity (Wildman–Crippen MR) is 68.1 cm³/mol. The average molecular weight is 242 g/mol. The van der Waals surface area contributed by atoms with Gasteiger partial charge in [0.15, 0.2) is 0 Å². The monoisotopic (exact) mass is 242 g/mol. The number of morpholine rings is 1. The van der Waals surface area contributed by atoms with Gasteiger partial charge in [0.05, 0.1) is 19.3 Å². The van der Waals surface area contributed by atoms with Gasteiger partial charge in [-0.15, -0.1) is 0 Å². The van der Waals surface area contributed by atoms with E-state index in [9.17, 15) is 5.11 Å². The summed E-state index contributed by atoms with van der Waals surface area (Å²) < 4.78 is 5.39. The van der Waals surface area contributed by atoms with Crippen LogP contribution in [0.3, 0.4) is 0 Å². The topological polar surface area (TPSA) is 35.9 Å². The van der Waals surface area contributed by atoms with E-state index in [1.165, 1.54) is 6.42 Å². The summed E-state index contributed by atoms with van der Waals surface area (Å²) in [6, 6.07) is 0.969. The average Bonchev–Trinajstić information content (AvgIpc) is 2.87. The molecule has 2 rings (SSSR count). The Balaban J connectivity index is 1.82. The molecule has 3 atom stereocenters. The molecule has 2 heterocycles. The summed E-state index contributed by atoms with van der Waals surface area (Å²) in [4.78, 5) is 4.99. The predicted octanol–water partition coefficient (Wildman–Crippen LogP) is 0.552. The highest BCUT2D eigenvalue weighted by Gasteiger charge is 2.32. The van der Waals surface area contributed by atoms with E-state index >= 15 is 0 Å². The molecule has 0 aliphatic carbocycles. The molecule has 0 amide bonds. The Morgan fingerprint density at radius 3 is 2.65 bits per heavy atom. The maximum absolute atomic E-state index is 9.91. The van der Waals surface area contributed by atoms with Crippen molar-refractivity contribution < 1.29 is 9.84 Å². The van der Waals surface area contributed by atoms with E-state index in [4.69, 9.17) is 4.74 Å². The van der Waals surface area contributed by atoms with E-state index < -0.39 is 0 Å². The first-order valence-corrected chi connectivity index (χ1v) is 6.96. The van der Waals surface area contributed by atoms with Crippen LogP contribution in [0.2, 0.25) is 0 Å². The molecule has 0 radical (unpaired) electrons. The molecule has 2 fully saturated rings. The van der Waals surface area contributed by atoms with Crippen LogP contribution in [0.4, 0.5) is 0 Å². The molecule has 2 aliphatic heterocycles. The highest BCUT2D eigenvalue weighted by atomic mass is 16.5. The molecule has 4 nitrogen and oxygen atoms in total. The lowest BCUT2D eigenvalue weighted by molar-refractivity contribution is 0.0141. The van der Waals surface area contributed by atoms with Gasteiger partial charge in [-0.1, -0.05) is 6.92 Å². The summed E-state index contributed by atoms with van der Waals surface area (Å²) in [5, 5.41) is 9.91. The van der Waals surface area contributed by atoms with Crippen molar-refractivity contribution in [3.8, 4) is 0 Å². The second-order valence-electron chi connectivity index (χ2n) is 5.30. The Morgan fingerprint density at radius 1 is 1.29 bits per heavy atom. The molecule has 17 heavy (non-hydrogen) atoms. The van der Waals surface area contributed by atoms with Gasteiger partial charge in [0.1, 0.15) is 0 Å². The normalized spacial score (nSPS) is 31.6. The number of aliphatic hydroxyl groups excluding tert-OH is 1. The van der Waals surface area contributed by atoms with Crippen LogP contribution in [0.1, 0.15) is 26.7 Å². The molecular formula is C13H26N2O2.